The van der Waals surface area contributed by atoms with Crippen LogP contribution in [0.5, 0.6) is 0 Å². The van der Waals surface area contributed by atoms with Gasteiger partial charge in [-0.15, -0.1) is 0 Å². The molecule has 15 heavy (non-hydrogen) atoms. The number of hydrogen-bond donors (Lipinski definition) is 1. The lowest BCUT2D eigenvalue weighted by molar-refractivity contribution is -0.145. The molecular formula is C9H19NO4S. The van der Waals surface area contributed by atoms with Crippen LogP contribution in [-0.4, -0.2) is 42.1 Å². The van der Waals surface area contributed by atoms with Crippen molar-refractivity contribution in [2.75, 3.05) is 12.8 Å². The Bertz CT molecular complexity index is 332. The Morgan fingerprint density at radius 2 is 1.80 bits per heavy atom. The quantitative estimate of drug-likeness (QED) is 0.766. The van der Waals surface area contributed by atoms with Crippen LogP contribution < -0.4 is 0 Å². The van der Waals surface area contributed by atoms with Crippen molar-refractivity contribution in [1.29, 1.82) is 0 Å². The molecule has 0 spiro atoms. The van der Waals surface area contributed by atoms with Gasteiger partial charge in [-0.3, -0.25) is 4.79 Å². The summed E-state index contributed by atoms with van der Waals surface area (Å²) in [7, 11) is -2.21. The van der Waals surface area contributed by atoms with Gasteiger partial charge in [0.05, 0.1) is 5.75 Å². The van der Waals surface area contributed by atoms with Gasteiger partial charge >= 0.3 is 5.97 Å². The molecule has 0 aliphatic rings. The molecule has 0 unspecified atom stereocenters. The van der Waals surface area contributed by atoms with Crippen molar-refractivity contribution in [3.05, 3.63) is 0 Å². The zero-order chi connectivity index (χ0) is 12.4. The molecule has 0 saturated heterocycles. The fraction of sp³-hybridized carbons (Fsp3) is 0.889. The summed E-state index contributed by atoms with van der Waals surface area (Å²) in [6, 6.07) is 0. The zero-order valence-corrected chi connectivity index (χ0v) is 10.6. The fourth-order valence-corrected chi connectivity index (χ4v) is 2.86. The second-order valence-electron chi connectivity index (χ2n) is 4.50. The van der Waals surface area contributed by atoms with E-state index in [1.54, 1.807) is 13.8 Å². The molecule has 0 saturated carbocycles. The van der Waals surface area contributed by atoms with Crippen LogP contribution in [0, 0.1) is 5.92 Å². The Kier molecular flexibility index (Phi) is 4.30. The van der Waals surface area contributed by atoms with E-state index in [-0.39, 0.29) is 11.7 Å². The number of carboxylic acid groups (broad SMARTS) is 1. The number of carbonyl (C=O) groups is 1. The molecule has 0 aromatic carbocycles. The van der Waals surface area contributed by atoms with Gasteiger partial charge in [-0.2, -0.15) is 4.31 Å². The van der Waals surface area contributed by atoms with Gasteiger partial charge in [0.15, 0.2) is 0 Å². The van der Waals surface area contributed by atoms with Gasteiger partial charge in [0.1, 0.15) is 5.54 Å². The third-order valence-electron chi connectivity index (χ3n) is 2.27. The monoisotopic (exact) mass is 237 g/mol. The van der Waals surface area contributed by atoms with E-state index in [4.69, 9.17) is 5.11 Å². The topological polar surface area (TPSA) is 74.7 Å². The summed E-state index contributed by atoms with van der Waals surface area (Å²) in [5, 5.41) is 8.90. The fourth-order valence-electron chi connectivity index (χ4n) is 1.02. The van der Waals surface area contributed by atoms with Crippen LogP contribution in [0.15, 0.2) is 0 Å². The second-order valence-corrected chi connectivity index (χ2v) is 6.55. The van der Waals surface area contributed by atoms with Crippen molar-refractivity contribution in [3.63, 3.8) is 0 Å². The molecule has 0 radical (unpaired) electrons. The van der Waals surface area contributed by atoms with Crippen LogP contribution >= 0.6 is 0 Å². The molecule has 1 N–H and O–H groups in total. The van der Waals surface area contributed by atoms with Gasteiger partial charge in [0.2, 0.25) is 10.0 Å². The molecular weight excluding hydrogens is 218 g/mol. The predicted octanol–water partition coefficient (Wildman–Crippen LogP) is 0.767. The van der Waals surface area contributed by atoms with E-state index in [1.807, 2.05) is 0 Å². The first-order valence-electron chi connectivity index (χ1n) is 4.72. The molecule has 0 atom stereocenters. The summed E-state index contributed by atoms with van der Waals surface area (Å²) in [5.41, 5.74) is -1.41. The molecule has 0 bridgehead atoms. The van der Waals surface area contributed by atoms with E-state index in [1.165, 1.54) is 20.9 Å². The van der Waals surface area contributed by atoms with Gasteiger partial charge in [-0.1, -0.05) is 13.8 Å². The van der Waals surface area contributed by atoms with Crippen molar-refractivity contribution < 1.29 is 18.3 Å². The summed E-state index contributed by atoms with van der Waals surface area (Å²) < 4.78 is 24.4. The maximum absolute atomic E-state index is 11.8. The average Bonchev–Trinajstić information content (AvgIpc) is 2.00. The van der Waals surface area contributed by atoms with Crippen molar-refractivity contribution in [1.82, 2.24) is 4.31 Å². The van der Waals surface area contributed by atoms with Crippen LogP contribution in [0.2, 0.25) is 0 Å². The first kappa shape index (κ1) is 14.4. The minimum absolute atomic E-state index is 0.0259. The van der Waals surface area contributed by atoms with E-state index < -0.39 is 21.5 Å². The lowest BCUT2D eigenvalue weighted by Crippen LogP contribution is -2.51. The van der Waals surface area contributed by atoms with Crippen LogP contribution in [0.4, 0.5) is 0 Å². The van der Waals surface area contributed by atoms with Crippen molar-refractivity contribution in [3.8, 4) is 0 Å². The SMILES string of the molecule is CC(C)CS(=O)(=O)N(C)C(C)(C)C(=O)O. The maximum atomic E-state index is 11.8. The highest BCUT2D eigenvalue weighted by Crippen LogP contribution is 2.18. The Morgan fingerprint density at radius 1 is 1.40 bits per heavy atom. The van der Waals surface area contributed by atoms with Gasteiger partial charge in [0.25, 0.3) is 0 Å². The zero-order valence-electron chi connectivity index (χ0n) is 9.81. The van der Waals surface area contributed by atoms with Crippen LogP contribution in [0.1, 0.15) is 27.7 Å². The highest BCUT2D eigenvalue weighted by Gasteiger charge is 2.39. The Labute approximate surface area is 91.1 Å². The highest BCUT2D eigenvalue weighted by molar-refractivity contribution is 7.89. The molecule has 0 aromatic heterocycles. The van der Waals surface area contributed by atoms with E-state index in [2.05, 4.69) is 0 Å². The molecule has 90 valence electrons. The lowest BCUT2D eigenvalue weighted by atomic mass is 10.1. The highest BCUT2D eigenvalue weighted by atomic mass is 32.2. The van der Waals surface area contributed by atoms with Crippen LogP contribution in [0.25, 0.3) is 0 Å². The summed E-state index contributed by atoms with van der Waals surface area (Å²) in [4.78, 5) is 10.9. The van der Waals surface area contributed by atoms with Crippen molar-refractivity contribution in [2.45, 2.75) is 33.2 Å². The molecule has 0 aliphatic carbocycles. The molecule has 5 nitrogen and oxygen atoms in total. The summed E-state index contributed by atoms with van der Waals surface area (Å²) in [6.07, 6.45) is 0. The Morgan fingerprint density at radius 3 is 2.07 bits per heavy atom. The standard InChI is InChI=1S/C9H19NO4S/c1-7(2)6-15(13,14)10(5)9(3,4)8(11)12/h7H,6H2,1-5H3,(H,11,12). The van der Waals surface area contributed by atoms with Crippen molar-refractivity contribution >= 4 is 16.0 Å². The number of sulfonamides is 1. The van der Waals surface area contributed by atoms with Crippen LogP contribution in [0.3, 0.4) is 0 Å². The number of rotatable bonds is 5. The Hall–Kier alpha value is -0.620. The molecule has 0 aromatic rings. The van der Waals surface area contributed by atoms with Crippen molar-refractivity contribution in [2.24, 2.45) is 5.92 Å². The maximum Gasteiger partial charge on any atom is 0.324 e. The summed E-state index contributed by atoms with van der Waals surface area (Å²) in [5.74, 6) is -1.22. The average molecular weight is 237 g/mol. The van der Waals surface area contributed by atoms with E-state index in [9.17, 15) is 13.2 Å². The van der Waals surface area contributed by atoms with Gasteiger partial charge < -0.3 is 5.11 Å². The molecule has 0 fully saturated rings. The first-order chi connectivity index (χ1) is 6.51. The molecule has 0 aliphatic heterocycles. The normalized spacial score (nSPS) is 13.5. The first-order valence-corrected chi connectivity index (χ1v) is 6.33. The summed E-state index contributed by atoms with van der Waals surface area (Å²) >= 11 is 0. The predicted molar refractivity (Wildman–Crippen MR) is 58.1 cm³/mol. The van der Waals surface area contributed by atoms with E-state index >= 15 is 0 Å². The number of aliphatic carboxylic acids is 1. The van der Waals surface area contributed by atoms with Gasteiger partial charge in [-0.25, -0.2) is 8.42 Å². The smallest absolute Gasteiger partial charge is 0.324 e. The van der Waals surface area contributed by atoms with Gasteiger partial charge in [0, 0.05) is 7.05 Å². The van der Waals surface area contributed by atoms with Crippen LogP contribution in [-0.2, 0) is 14.8 Å². The van der Waals surface area contributed by atoms with Gasteiger partial charge in [-0.05, 0) is 19.8 Å². The number of likely N-dealkylation sites (N-methyl/N-ethyl adjacent to an activating group) is 1. The number of carboxylic acids is 1. The second kappa shape index (κ2) is 4.49. The molecule has 0 amide bonds. The number of hydrogen-bond acceptors (Lipinski definition) is 3. The largest absolute Gasteiger partial charge is 0.480 e. The minimum atomic E-state index is -3.51. The number of nitrogens with zero attached hydrogens (tertiary/aromatic N) is 1. The molecule has 6 heteroatoms. The third kappa shape index (κ3) is 3.46. The molecule has 0 rings (SSSR count). The summed E-state index contributed by atoms with van der Waals surface area (Å²) in [6.45, 7) is 6.29. The molecule has 0 heterocycles. The third-order valence-corrected chi connectivity index (χ3v) is 4.65. The Balaban J connectivity index is 5.01. The minimum Gasteiger partial charge on any atom is -0.480 e. The lowest BCUT2D eigenvalue weighted by Gasteiger charge is -2.31. The van der Waals surface area contributed by atoms with E-state index in [0.29, 0.717) is 0 Å². The van der Waals surface area contributed by atoms with E-state index in [0.717, 1.165) is 4.31 Å².